The lowest BCUT2D eigenvalue weighted by molar-refractivity contribution is -0.152. The molecule has 150 valence electrons. The summed E-state index contributed by atoms with van der Waals surface area (Å²) in [6.45, 7) is 0.779. The minimum atomic E-state index is -0.797. The van der Waals surface area contributed by atoms with Gasteiger partial charge in [0.2, 0.25) is 13.4 Å². The molecule has 0 saturated carbocycles. The molecule has 0 fully saturated rings. The van der Waals surface area contributed by atoms with E-state index in [-0.39, 0.29) is 6.79 Å². The maximum Gasteiger partial charge on any atom is 0.347 e. The van der Waals surface area contributed by atoms with Crippen LogP contribution in [-0.2, 0) is 19.2 Å². The highest BCUT2D eigenvalue weighted by atomic mass is 16.7. The van der Waals surface area contributed by atoms with Gasteiger partial charge in [-0.3, -0.25) is 14.9 Å². The molecule has 0 radical (unpaired) electrons. The van der Waals surface area contributed by atoms with E-state index in [0.29, 0.717) is 22.8 Å². The van der Waals surface area contributed by atoms with Crippen LogP contribution in [0.1, 0.15) is 22.8 Å². The highest BCUT2D eigenvalue weighted by Crippen LogP contribution is 2.32. The van der Waals surface area contributed by atoms with Gasteiger partial charge in [0, 0.05) is 11.1 Å². The fraction of sp³-hybridized carbons (Fsp3) is 0.200. The maximum absolute atomic E-state index is 11.8. The van der Waals surface area contributed by atoms with Crippen LogP contribution in [-0.4, -0.2) is 43.5 Å². The number of nitrogens with one attached hydrogen (secondary N) is 1. The fourth-order valence-electron chi connectivity index (χ4n) is 2.37. The van der Waals surface area contributed by atoms with Crippen LogP contribution < -0.4 is 14.8 Å². The van der Waals surface area contributed by atoms with Gasteiger partial charge in [-0.25, -0.2) is 4.79 Å². The molecule has 0 saturated heterocycles. The summed E-state index contributed by atoms with van der Waals surface area (Å²) in [6.07, 6.45) is 0. The predicted molar refractivity (Wildman–Crippen MR) is 101 cm³/mol. The smallest absolute Gasteiger partial charge is 0.347 e. The van der Waals surface area contributed by atoms with Gasteiger partial charge in [0.1, 0.15) is 0 Å². The molecule has 0 aliphatic carbocycles. The number of esters is 1. The normalized spacial score (nSPS) is 12.2. The monoisotopic (exact) mass is 398 g/mol. The molecule has 0 bridgehead atoms. The lowest BCUT2D eigenvalue weighted by Crippen LogP contribution is -2.34. The summed E-state index contributed by atoms with van der Waals surface area (Å²) in [4.78, 5) is 40.1. The molecule has 0 spiro atoms. The van der Waals surface area contributed by atoms with Gasteiger partial charge in [0.25, 0.3) is 11.8 Å². The molecule has 0 atom stereocenters. The van der Waals surface area contributed by atoms with E-state index in [1.165, 1.54) is 0 Å². The first kappa shape index (κ1) is 19.9. The average Bonchev–Trinajstić information content (AvgIpc) is 3.20. The van der Waals surface area contributed by atoms with Crippen LogP contribution in [0.3, 0.4) is 0 Å². The first-order chi connectivity index (χ1) is 14.0. The van der Waals surface area contributed by atoms with Crippen molar-refractivity contribution in [2.24, 2.45) is 5.16 Å². The van der Waals surface area contributed by atoms with E-state index in [1.54, 1.807) is 55.5 Å². The molecular weight excluding hydrogens is 380 g/mol. The summed E-state index contributed by atoms with van der Waals surface area (Å²) in [5.74, 6) is -0.865. The van der Waals surface area contributed by atoms with Crippen LogP contribution in [0.4, 0.5) is 0 Å². The van der Waals surface area contributed by atoms with Gasteiger partial charge in [-0.15, -0.1) is 0 Å². The minimum Gasteiger partial charge on any atom is -0.454 e. The van der Waals surface area contributed by atoms with Crippen molar-refractivity contribution in [3.05, 3.63) is 59.7 Å². The van der Waals surface area contributed by atoms with Crippen LogP contribution in [0.15, 0.2) is 53.7 Å². The van der Waals surface area contributed by atoms with E-state index >= 15 is 0 Å². The molecule has 2 aromatic carbocycles. The Balaban J connectivity index is 1.40. The van der Waals surface area contributed by atoms with Crippen LogP contribution in [0.2, 0.25) is 0 Å². The molecule has 0 aromatic heterocycles. The topological polar surface area (TPSA) is 113 Å². The fourth-order valence-corrected chi connectivity index (χ4v) is 2.37. The number of imide groups is 1. The van der Waals surface area contributed by atoms with Crippen molar-refractivity contribution in [3.63, 3.8) is 0 Å². The summed E-state index contributed by atoms with van der Waals surface area (Å²) in [7, 11) is 0. The average molecular weight is 398 g/mol. The van der Waals surface area contributed by atoms with Crippen molar-refractivity contribution < 1.29 is 33.4 Å². The van der Waals surface area contributed by atoms with Gasteiger partial charge in [-0.05, 0) is 37.3 Å². The Morgan fingerprint density at radius 3 is 2.55 bits per heavy atom. The van der Waals surface area contributed by atoms with E-state index in [9.17, 15) is 14.4 Å². The zero-order valence-electron chi connectivity index (χ0n) is 15.5. The van der Waals surface area contributed by atoms with Crippen molar-refractivity contribution in [2.75, 3.05) is 20.0 Å². The number of carbonyl (C=O) groups excluding carboxylic acids is 3. The quantitative estimate of drug-likeness (QED) is 0.429. The Labute approximate surface area is 166 Å². The Hall–Kier alpha value is -3.88. The van der Waals surface area contributed by atoms with Gasteiger partial charge in [0.05, 0.1) is 5.71 Å². The molecule has 1 N–H and O–H groups in total. The minimum absolute atomic E-state index is 0.168. The van der Waals surface area contributed by atoms with Crippen molar-refractivity contribution in [3.8, 4) is 11.5 Å². The molecule has 1 heterocycles. The van der Waals surface area contributed by atoms with Gasteiger partial charge in [0.15, 0.2) is 18.1 Å². The summed E-state index contributed by atoms with van der Waals surface area (Å²) >= 11 is 0. The lowest BCUT2D eigenvalue weighted by Gasteiger charge is -2.06. The molecule has 1 aliphatic rings. The van der Waals surface area contributed by atoms with Gasteiger partial charge in [-0.2, -0.15) is 0 Å². The highest BCUT2D eigenvalue weighted by molar-refractivity contribution is 6.05. The first-order valence-corrected chi connectivity index (χ1v) is 8.64. The number of amides is 2. The molecule has 9 nitrogen and oxygen atoms in total. The van der Waals surface area contributed by atoms with Crippen LogP contribution >= 0.6 is 0 Å². The third kappa shape index (κ3) is 5.55. The number of oxime groups is 1. The van der Waals surface area contributed by atoms with Crippen molar-refractivity contribution in [1.82, 2.24) is 5.32 Å². The van der Waals surface area contributed by atoms with Gasteiger partial charge >= 0.3 is 5.97 Å². The summed E-state index contributed by atoms with van der Waals surface area (Å²) in [6, 6.07) is 13.5. The Kier molecular flexibility index (Phi) is 6.41. The van der Waals surface area contributed by atoms with Crippen molar-refractivity contribution >= 4 is 23.5 Å². The third-order valence-corrected chi connectivity index (χ3v) is 3.83. The number of ether oxygens (including phenoxy) is 3. The first-order valence-electron chi connectivity index (χ1n) is 8.64. The molecule has 0 unspecified atom stereocenters. The van der Waals surface area contributed by atoms with Gasteiger partial charge < -0.3 is 19.0 Å². The van der Waals surface area contributed by atoms with E-state index < -0.39 is 31.0 Å². The molecule has 9 heteroatoms. The largest absolute Gasteiger partial charge is 0.454 e. The second-order valence-corrected chi connectivity index (χ2v) is 5.92. The second-order valence-electron chi connectivity index (χ2n) is 5.92. The van der Waals surface area contributed by atoms with Crippen LogP contribution in [0, 0.1) is 0 Å². The molecule has 29 heavy (non-hydrogen) atoms. The number of benzene rings is 2. The lowest BCUT2D eigenvalue weighted by atomic mass is 10.1. The van der Waals surface area contributed by atoms with Crippen molar-refractivity contribution in [1.29, 1.82) is 0 Å². The number of fused-ring (bicyclic) bond motifs is 1. The number of rotatable bonds is 7. The Morgan fingerprint density at radius 1 is 1.00 bits per heavy atom. The number of carbonyl (C=O) groups is 3. The number of nitrogens with zero attached hydrogens (tertiary/aromatic N) is 1. The third-order valence-electron chi connectivity index (χ3n) is 3.83. The second kappa shape index (κ2) is 9.36. The number of hydrogen-bond acceptors (Lipinski definition) is 8. The molecular formula is C20H18N2O7. The Bertz CT molecular complexity index is 941. The zero-order valence-corrected chi connectivity index (χ0v) is 15.5. The van der Waals surface area contributed by atoms with E-state index in [1.807, 2.05) is 0 Å². The summed E-state index contributed by atoms with van der Waals surface area (Å²) in [5.41, 5.74) is 1.58. The van der Waals surface area contributed by atoms with Crippen molar-refractivity contribution in [2.45, 2.75) is 6.92 Å². The molecule has 2 amide bonds. The van der Waals surface area contributed by atoms with Crippen LogP contribution in [0.25, 0.3) is 0 Å². The summed E-state index contributed by atoms with van der Waals surface area (Å²) in [5, 5.41) is 5.96. The SMILES string of the molecule is C/C(=N\OCC(=O)OCC(=O)NC(=O)c1ccccc1)c1ccc2c(c1)OCO2. The molecule has 1 aliphatic heterocycles. The van der Waals surface area contributed by atoms with Crippen LogP contribution in [0.5, 0.6) is 11.5 Å². The van der Waals surface area contributed by atoms with E-state index in [0.717, 1.165) is 5.56 Å². The number of hydrogen-bond donors (Lipinski definition) is 1. The Morgan fingerprint density at radius 2 is 1.76 bits per heavy atom. The molecule has 2 aromatic rings. The summed E-state index contributed by atoms with van der Waals surface area (Å²) < 4.78 is 15.3. The van der Waals surface area contributed by atoms with E-state index in [4.69, 9.17) is 19.0 Å². The maximum atomic E-state index is 11.8. The van der Waals surface area contributed by atoms with Gasteiger partial charge in [-0.1, -0.05) is 23.4 Å². The van der Waals surface area contributed by atoms with E-state index in [2.05, 4.69) is 10.5 Å². The molecule has 3 rings (SSSR count). The predicted octanol–water partition coefficient (Wildman–Crippen LogP) is 1.66. The highest BCUT2D eigenvalue weighted by Gasteiger charge is 2.15. The zero-order chi connectivity index (χ0) is 20.6. The standard InChI is InChI=1S/C20H18N2O7/c1-13(15-7-8-16-17(9-15)28-12-27-16)22-29-11-19(24)26-10-18(23)21-20(25)14-5-3-2-4-6-14/h2-9H,10-12H2,1H3,(H,21,23,25)/b22-13+.